The van der Waals surface area contributed by atoms with Crippen molar-refractivity contribution in [2.75, 3.05) is 0 Å². The Labute approximate surface area is 119 Å². The normalized spacial score (nSPS) is 29.4. The molecule has 0 fully saturated rings. The molecule has 0 saturated heterocycles. The minimum absolute atomic E-state index is 0.0197. The van der Waals surface area contributed by atoms with Gasteiger partial charge < -0.3 is 5.11 Å². The molecule has 2 atom stereocenters. The quantitative estimate of drug-likeness (QED) is 0.655. The molecular formula is C18H32O. The van der Waals surface area contributed by atoms with Gasteiger partial charge in [-0.3, -0.25) is 0 Å². The van der Waals surface area contributed by atoms with Crippen LogP contribution in [0.5, 0.6) is 0 Å². The lowest BCUT2D eigenvalue weighted by molar-refractivity contribution is -0.0896. The van der Waals surface area contributed by atoms with Crippen molar-refractivity contribution in [2.45, 2.75) is 67.9 Å². The third kappa shape index (κ3) is 2.97. The van der Waals surface area contributed by atoms with Gasteiger partial charge in [0.25, 0.3) is 0 Å². The lowest BCUT2D eigenvalue weighted by atomic mass is 9.54. The highest BCUT2D eigenvalue weighted by molar-refractivity contribution is 5.35. The second-order valence-corrected chi connectivity index (χ2v) is 9.11. The SMILES string of the molecule is CC(C)(C)C1=CC=CC(O)(C(C)(C)C)C1C(C)(C)C. The van der Waals surface area contributed by atoms with Crippen LogP contribution < -0.4 is 0 Å². The number of rotatable bonds is 0. The largest absolute Gasteiger partial charge is 0.385 e. The number of hydrogen-bond donors (Lipinski definition) is 1. The molecule has 0 bridgehead atoms. The van der Waals surface area contributed by atoms with Gasteiger partial charge in [-0.2, -0.15) is 0 Å². The van der Waals surface area contributed by atoms with Gasteiger partial charge >= 0.3 is 0 Å². The van der Waals surface area contributed by atoms with E-state index in [0.29, 0.717) is 0 Å². The molecule has 1 rings (SSSR count). The fourth-order valence-corrected chi connectivity index (χ4v) is 3.22. The first-order chi connectivity index (χ1) is 8.21. The van der Waals surface area contributed by atoms with Gasteiger partial charge in [-0.1, -0.05) is 86.1 Å². The third-order valence-electron chi connectivity index (χ3n) is 4.31. The van der Waals surface area contributed by atoms with Gasteiger partial charge in [-0.05, 0) is 16.2 Å². The maximum absolute atomic E-state index is 11.4. The molecule has 1 nitrogen and oxygen atoms in total. The predicted octanol–water partition coefficient (Wildman–Crippen LogP) is 4.97. The zero-order chi connectivity index (χ0) is 15.3. The summed E-state index contributed by atoms with van der Waals surface area (Å²) in [4.78, 5) is 0. The standard InChI is InChI=1S/C18H32O/c1-15(2,3)13-11-10-12-18(19,17(7,8)9)14(13)16(4,5)6/h10-12,14,19H,1-9H3. The molecule has 0 amide bonds. The fourth-order valence-electron chi connectivity index (χ4n) is 3.22. The van der Waals surface area contributed by atoms with E-state index in [0.717, 1.165) is 0 Å². The van der Waals surface area contributed by atoms with Crippen LogP contribution in [-0.4, -0.2) is 10.7 Å². The van der Waals surface area contributed by atoms with Crippen molar-refractivity contribution in [3.63, 3.8) is 0 Å². The van der Waals surface area contributed by atoms with Crippen molar-refractivity contribution in [3.05, 3.63) is 23.8 Å². The second-order valence-electron chi connectivity index (χ2n) is 9.11. The van der Waals surface area contributed by atoms with E-state index in [1.54, 1.807) is 0 Å². The van der Waals surface area contributed by atoms with Crippen LogP contribution in [0.4, 0.5) is 0 Å². The summed E-state index contributed by atoms with van der Waals surface area (Å²) in [7, 11) is 0. The van der Waals surface area contributed by atoms with Crippen molar-refractivity contribution in [3.8, 4) is 0 Å². The molecule has 19 heavy (non-hydrogen) atoms. The zero-order valence-electron chi connectivity index (χ0n) is 14.3. The monoisotopic (exact) mass is 264 g/mol. The van der Waals surface area contributed by atoms with E-state index in [9.17, 15) is 5.11 Å². The van der Waals surface area contributed by atoms with Crippen molar-refractivity contribution >= 4 is 0 Å². The molecule has 1 aliphatic rings. The topological polar surface area (TPSA) is 20.2 Å². The molecule has 0 aromatic carbocycles. The van der Waals surface area contributed by atoms with Crippen LogP contribution in [0, 0.1) is 22.2 Å². The van der Waals surface area contributed by atoms with Crippen LogP contribution in [0.2, 0.25) is 0 Å². The molecule has 2 unspecified atom stereocenters. The number of hydrogen-bond acceptors (Lipinski definition) is 1. The van der Waals surface area contributed by atoms with Gasteiger partial charge in [0.2, 0.25) is 0 Å². The smallest absolute Gasteiger partial charge is 0.0948 e. The number of allylic oxidation sites excluding steroid dienone is 2. The fraction of sp³-hybridized carbons (Fsp3) is 0.778. The van der Waals surface area contributed by atoms with Gasteiger partial charge in [0, 0.05) is 5.92 Å². The highest BCUT2D eigenvalue weighted by atomic mass is 16.3. The first-order valence-corrected chi connectivity index (χ1v) is 7.33. The van der Waals surface area contributed by atoms with Crippen LogP contribution in [0.25, 0.3) is 0 Å². The summed E-state index contributed by atoms with van der Waals surface area (Å²) in [5, 5.41) is 11.4. The van der Waals surface area contributed by atoms with Gasteiger partial charge in [0.1, 0.15) is 0 Å². The Kier molecular flexibility index (Phi) is 3.89. The Balaban J connectivity index is 3.48. The van der Waals surface area contributed by atoms with E-state index < -0.39 is 5.60 Å². The van der Waals surface area contributed by atoms with Crippen molar-refractivity contribution < 1.29 is 5.11 Å². The molecule has 0 aromatic rings. The third-order valence-corrected chi connectivity index (χ3v) is 4.31. The highest BCUT2D eigenvalue weighted by Gasteiger charge is 2.53. The van der Waals surface area contributed by atoms with E-state index in [-0.39, 0.29) is 22.2 Å². The first kappa shape index (κ1) is 16.5. The van der Waals surface area contributed by atoms with Crippen molar-refractivity contribution in [1.29, 1.82) is 0 Å². The first-order valence-electron chi connectivity index (χ1n) is 7.33. The molecule has 0 saturated carbocycles. The molecule has 110 valence electrons. The Bertz CT molecular complexity index is 393. The molecule has 1 N–H and O–H groups in total. The molecule has 1 aliphatic carbocycles. The van der Waals surface area contributed by atoms with Gasteiger partial charge in [-0.15, -0.1) is 0 Å². The summed E-state index contributed by atoms with van der Waals surface area (Å²) >= 11 is 0. The van der Waals surface area contributed by atoms with Crippen molar-refractivity contribution in [2.24, 2.45) is 22.2 Å². The minimum Gasteiger partial charge on any atom is -0.385 e. The minimum atomic E-state index is -0.803. The van der Waals surface area contributed by atoms with E-state index in [4.69, 9.17) is 0 Å². The molecular weight excluding hydrogens is 232 g/mol. The van der Waals surface area contributed by atoms with E-state index >= 15 is 0 Å². The number of aliphatic hydroxyl groups is 1. The lowest BCUT2D eigenvalue weighted by Crippen LogP contribution is -2.55. The Hall–Kier alpha value is -0.560. The van der Waals surface area contributed by atoms with Crippen LogP contribution in [0.3, 0.4) is 0 Å². The summed E-state index contributed by atoms with van der Waals surface area (Å²) in [5.41, 5.74) is 0.447. The lowest BCUT2D eigenvalue weighted by Gasteiger charge is -2.53. The molecule has 0 aromatic heterocycles. The zero-order valence-corrected chi connectivity index (χ0v) is 14.3. The maximum Gasteiger partial charge on any atom is 0.0948 e. The summed E-state index contributed by atoms with van der Waals surface area (Å²) in [5.74, 6) is 0.130. The van der Waals surface area contributed by atoms with Crippen LogP contribution in [0.1, 0.15) is 62.3 Å². The van der Waals surface area contributed by atoms with E-state index in [1.165, 1.54) is 5.57 Å². The van der Waals surface area contributed by atoms with Crippen LogP contribution >= 0.6 is 0 Å². The van der Waals surface area contributed by atoms with Crippen LogP contribution in [0.15, 0.2) is 23.8 Å². The van der Waals surface area contributed by atoms with Gasteiger partial charge in [0.05, 0.1) is 5.60 Å². The molecule has 0 aliphatic heterocycles. The van der Waals surface area contributed by atoms with Gasteiger partial charge in [0.15, 0.2) is 0 Å². The predicted molar refractivity (Wildman–Crippen MR) is 84.0 cm³/mol. The summed E-state index contributed by atoms with van der Waals surface area (Å²) in [6.07, 6.45) is 6.24. The molecule has 1 heteroatoms. The molecule has 0 radical (unpaired) electrons. The van der Waals surface area contributed by atoms with Crippen molar-refractivity contribution in [1.82, 2.24) is 0 Å². The van der Waals surface area contributed by atoms with Crippen LogP contribution in [-0.2, 0) is 0 Å². The molecule has 0 spiro atoms. The Morgan fingerprint density at radius 2 is 1.42 bits per heavy atom. The Morgan fingerprint density at radius 1 is 0.947 bits per heavy atom. The Morgan fingerprint density at radius 3 is 1.74 bits per heavy atom. The van der Waals surface area contributed by atoms with E-state index in [1.807, 2.05) is 12.2 Å². The van der Waals surface area contributed by atoms with E-state index in [2.05, 4.69) is 68.4 Å². The second kappa shape index (κ2) is 4.48. The molecule has 0 heterocycles. The summed E-state index contributed by atoms with van der Waals surface area (Å²) in [6, 6.07) is 0. The highest BCUT2D eigenvalue weighted by Crippen LogP contribution is 2.54. The average Bonchev–Trinajstić information content (AvgIpc) is 2.11. The maximum atomic E-state index is 11.4. The average molecular weight is 264 g/mol. The summed E-state index contributed by atoms with van der Waals surface area (Å²) in [6.45, 7) is 19.8. The van der Waals surface area contributed by atoms with Gasteiger partial charge in [-0.25, -0.2) is 0 Å². The summed E-state index contributed by atoms with van der Waals surface area (Å²) < 4.78 is 0.